The Morgan fingerprint density at radius 2 is 1.64 bits per heavy atom. The van der Waals surface area contributed by atoms with Crippen molar-refractivity contribution < 1.29 is 14.3 Å². The van der Waals surface area contributed by atoms with E-state index in [4.69, 9.17) is 15.2 Å². The fourth-order valence-corrected chi connectivity index (χ4v) is 6.35. The highest BCUT2D eigenvalue weighted by Crippen LogP contribution is 2.41. The van der Waals surface area contributed by atoms with E-state index in [1.807, 2.05) is 6.07 Å². The van der Waals surface area contributed by atoms with Crippen molar-refractivity contribution >= 4 is 5.91 Å². The van der Waals surface area contributed by atoms with Crippen molar-refractivity contribution in [1.29, 1.82) is 0 Å². The molecule has 6 rings (SSSR count). The number of rotatable bonds is 10. The molecule has 0 atom stereocenters. The van der Waals surface area contributed by atoms with Crippen LogP contribution in [0.3, 0.4) is 0 Å². The van der Waals surface area contributed by atoms with E-state index in [2.05, 4.69) is 65.3 Å². The van der Waals surface area contributed by atoms with Gasteiger partial charge in [0, 0.05) is 36.1 Å². The van der Waals surface area contributed by atoms with Crippen molar-refractivity contribution in [2.45, 2.75) is 65.2 Å². The molecule has 2 aliphatic rings. The standard InChI is InChI=1S/C36H39N3O3/c1-25-28(12-8-13-30(25)27-10-4-2-5-11-27)24-42-34-19-35(41-23-26-18-29(36(37)40)21-38-20-26)33(31-14-9-15-32(31)34)22-39-16-6-3-7-17-39/h2,4-5,8,10-13,18-21H,3,6-7,9,14-17,22-24H2,1H3,(H2,37,40). The zero-order valence-corrected chi connectivity index (χ0v) is 24.4. The summed E-state index contributed by atoms with van der Waals surface area (Å²) >= 11 is 0. The van der Waals surface area contributed by atoms with Gasteiger partial charge in [0.2, 0.25) is 5.91 Å². The molecule has 216 valence electrons. The average Bonchev–Trinajstić information content (AvgIpc) is 3.52. The minimum absolute atomic E-state index is 0.303. The lowest BCUT2D eigenvalue weighted by atomic mass is 9.96. The summed E-state index contributed by atoms with van der Waals surface area (Å²) < 4.78 is 13.1. The number of pyridine rings is 1. The lowest BCUT2D eigenvalue weighted by Crippen LogP contribution is -2.29. The number of nitrogens with zero attached hydrogens (tertiary/aromatic N) is 2. The Morgan fingerprint density at radius 1 is 0.857 bits per heavy atom. The fraction of sp³-hybridized carbons (Fsp3) is 0.333. The monoisotopic (exact) mass is 561 g/mol. The van der Waals surface area contributed by atoms with Crippen molar-refractivity contribution in [3.8, 4) is 22.6 Å². The van der Waals surface area contributed by atoms with Crippen LogP contribution in [0.2, 0.25) is 0 Å². The van der Waals surface area contributed by atoms with Crippen molar-refractivity contribution in [2.75, 3.05) is 13.1 Å². The molecule has 1 saturated heterocycles. The molecule has 6 nitrogen and oxygen atoms in total. The van der Waals surface area contributed by atoms with Gasteiger partial charge in [-0.3, -0.25) is 14.7 Å². The van der Waals surface area contributed by atoms with Crippen LogP contribution in [0, 0.1) is 6.92 Å². The zero-order chi connectivity index (χ0) is 28.9. The summed E-state index contributed by atoms with van der Waals surface area (Å²) in [5, 5.41) is 0. The Labute approximate surface area is 248 Å². The van der Waals surface area contributed by atoms with Gasteiger partial charge >= 0.3 is 0 Å². The highest BCUT2D eigenvalue weighted by atomic mass is 16.5. The van der Waals surface area contributed by atoms with Crippen LogP contribution in [0.5, 0.6) is 11.5 Å². The number of ether oxygens (including phenoxy) is 2. The molecule has 0 saturated carbocycles. The van der Waals surface area contributed by atoms with Gasteiger partial charge in [-0.05, 0) is 91.6 Å². The van der Waals surface area contributed by atoms with Crippen LogP contribution in [0.1, 0.15) is 69.4 Å². The fourth-order valence-electron chi connectivity index (χ4n) is 6.35. The molecule has 0 bridgehead atoms. The first-order chi connectivity index (χ1) is 20.6. The molecule has 2 N–H and O–H groups in total. The summed E-state index contributed by atoms with van der Waals surface area (Å²) in [6.45, 7) is 6.10. The van der Waals surface area contributed by atoms with Crippen LogP contribution in [0.4, 0.5) is 0 Å². The molecule has 6 heteroatoms. The quantitative estimate of drug-likeness (QED) is 0.231. The van der Waals surface area contributed by atoms with Gasteiger partial charge in [0.15, 0.2) is 0 Å². The molecule has 0 unspecified atom stereocenters. The Kier molecular flexibility index (Phi) is 8.52. The third-order valence-corrected chi connectivity index (χ3v) is 8.66. The molecule has 2 heterocycles. The van der Waals surface area contributed by atoms with E-state index in [1.54, 1.807) is 12.3 Å². The number of benzene rings is 3. The molecular weight excluding hydrogens is 522 g/mol. The van der Waals surface area contributed by atoms with Crippen LogP contribution in [-0.4, -0.2) is 28.9 Å². The second-order valence-electron chi connectivity index (χ2n) is 11.5. The number of piperidine rings is 1. The molecular formula is C36H39N3O3. The molecule has 4 aromatic rings. The SMILES string of the molecule is Cc1c(COc2cc(OCc3cncc(C(N)=O)c3)c(CN3CCCCC3)c3c2CCC3)cccc1-c1ccccc1. The van der Waals surface area contributed by atoms with E-state index in [-0.39, 0.29) is 0 Å². The molecule has 1 amide bonds. The number of carbonyl (C=O) groups excluding carboxylic acids is 1. The first-order valence-corrected chi connectivity index (χ1v) is 15.1. The van der Waals surface area contributed by atoms with Gasteiger partial charge in [-0.25, -0.2) is 0 Å². The number of hydrogen-bond donors (Lipinski definition) is 1. The summed E-state index contributed by atoms with van der Waals surface area (Å²) in [4.78, 5) is 18.5. The van der Waals surface area contributed by atoms with Gasteiger partial charge in [0.1, 0.15) is 24.7 Å². The summed E-state index contributed by atoms with van der Waals surface area (Å²) in [5.41, 5.74) is 15.5. The zero-order valence-electron chi connectivity index (χ0n) is 24.4. The molecule has 1 fully saturated rings. The number of carbonyl (C=O) groups is 1. The number of nitrogens with two attached hydrogens (primary N) is 1. The highest BCUT2D eigenvalue weighted by molar-refractivity contribution is 5.92. The minimum atomic E-state index is -0.491. The predicted molar refractivity (Wildman–Crippen MR) is 166 cm³/mol. The Bertz CT molecular complexity index is 1560. The first-order valence-electron chi connectivity index (χ1n) is 15.1. The maximum atomic E-state index is 11.7. The first kappa shape index (κ1) is 28.0. The smallest absolute Gasteiger partial charge is 0.250 e. The van der Waals surface area contributed by atoms with E-state index in [0.717, 1.165) is 56.0 Å². The summed E-state index contributed by atoms with van der Waals surface area (Å²) in [6, 6.07) is 20.8. The van der Waals surface area contributed by atoms with Gasteiger partial charge < -0.3 is 15.2 Å². The van der Waals surface area contributed by atoms with Crippen LogP contribution in [-0.2, 0) is 32.6 Å². The van der Waals surface area contributed by atoms with Crippen molar-refractivity contribution in [1.82, 2.24) is 9.88 Å². The number of primary amides is 1. The van der Waals surface area contributed by atoms with Crippen molar-refractivity contribution in [3.63, 3.8) is 0 Å². The van der Waals surface area contributed by atoms with E-state index in [9.17, 15) is 4.79 Å². The van der Waals surface area contributed by atoms with Crippen LogP contribution < -0.4 is 15.2 Å². The summed E-state index contributed by atoms with van der Waals surface area (Å²) in [5.74, 6) is 1.28. The van der Waals surface area contributed by atoms with Crippen LogP contribution in [0.15, 0.2) is 73.1 Å². The maximum absolute atomic E-state index is 11.7. The van der Waals surface area contributed by atoms with Gasteiger partial charge in [-0.2, -0.15) is 0 Å². The predicted octanol–water partition coefficient (Wildman–Crippen LogP) is 6.79. The third kappa shape index (κ3) is 6.19. The van der Waals surface area contributed by atoms with E-state index in [0.29, 0.717) is 18.8 Å². The Balaban J connectivity index is 1.30. The van der Waals surface area contributed by atoms with Gasteiger partial charge in [-0.1, -0.05) is 55.0 Å². The van der Waals surface area contributed by atoms with Gasteiger partial charge in [0.25, 0.3) is 0 Å². The molecule has 1 aromatic heterocycles. The van der Waals surface area contributed by atoms with E-state index >= 15 is 0 Å². The summed E-state index contributed by atoms with van der Waals surface area (Å²) in [6.07, 6.45) is 10.2. The lowest BCUT2D eigenvalue weighted by molar-refractivity contribution is 0.0999. The van der Waals surface area contributed by atoms with Gasteiger partial charge in [0.05, 0.1) is 5.56 Å². The Morgan fingerprint density at radius 3 is 2.45 bits per heavy atom. The van der Waals surface area contributed by atoms with Crippen molar-refractivity contribution in [2.24, 2.45) is 5.73 Å². The number of aromatic nitrogens is 1. The van der Waals surface area contributed by atoms with E-state index < -0.39 is 5.91 Å². The molecule has 0 radical (unpaired) electrons. The normalized spacial score (nSPS) is 14.9. The second kappa shape index (κ2) is 12.8. The van der Waals surface area contributed by atoms with Crippen molar-refractivity contribution in [3.05, 3.63) is 112 Å². The van der Waals surface area contributed by atoms with E-state index in [1.165, 1.54) is 64.4 Å². The molecule has 1 aliphatic carbocycles. The highest BCUT2D eigenvalue weighted by Gasteiger charge is 2.26. The largest absolute Gasteiger partial charge is 0.488 e. The minimum Gasteiger partial charge on any atom is -0.488 e. The van der Waals surface area contributed by atoms with Crippen LogP contribution >= 0.6 is 0 Å². The van der Waals surface area contributed by atoms with Gasteiger partial charge in [-0.15, -0.1) is 0 Å². The number of hydrogen-bond acceptors (Lipinski definition) is 5. The third-order valence-electron chi connectivity index (χ3n) is 8.66. The molecule has 42 heavy (non-hydrogen) atoms. The molecule has 3 aromatic carbocycles. The number of likely N-dealkylation sites (tertiary alicyclic amines) is 1. The lowest BCUT2D eigenvalue weighted by Gasteiger charge is -2.29. The number of fused-ring (bicyclic) bond motifs is 1. The number of amides is 1. The average molecular weight is 562 g/mol. The Hall–Kier alpha value is -4.16. The second-order valence-corrected chi connectivity index (χ2v) is 11.5. The van der Waals surface area contributed by atoms with Crippen LogP contribution in [0.25, 0.3) is 11.1 Å². The maximum Gasteiger partial charge on any atom is 0.250 e. The summed E-state index contributed by atoms with van der Waals surface area (Å²) in [7, 11) is 0. The molecule has 0 spiro atoms. The topological polar surface area (TPSA) is 77.7 Å². The molecule has 1 aliphatic heterocycles.